The molecule has 5 heteroatoms. The van der Waals surface area contributed by atoms with Crippen LogP contribution in [-0.2, 0) is 0 Å². The van der Waals surface area contributed by atoms with Crippen molar-refractivity contribution in [2.24, 2.45) is 0 Å². The van der Waals surface area contributed by atoms with Gasteiger partial charge in [-0.05, 0) is 0 Å². The summed E-state index contributed by atoms with van der Waals surface area (Å²) in [6.07, 6.45) is 3.22. The minimum Gasteiger partial charge on any atom is -0.395 e. The van der Waals surface area contributed by atoms with Gasteiger partial charge in [-0.15, -0.1) is 6.58 Å². The third-order valence-corrected chi connectivity index (χ3v) is 1.51. The van der Waals surface area contributed by atoms with Gasteiger partial charge in [0, 0.05) is 19.2 Å². The molecule has 14 heavy (non-hydrogen) atoms. The Kier molecular flexibility index (Phi) is 4.43. The smallest absolute Gasteiger partial charge is 0.131 e. The Morgan fingerprint density at radius 2 is 2.07 bits per heavy atom. The van der Waals surface area contributed by atoms with Gasteiger partial charge < -0.3 is 15.7 Å². The van der Waals surface area contributed by atoms with Crippen molar-refractivity contribution in [1.82, 2.24) is 9.97 Å². The first kappa shape index (κ1) is 10.5. The molecule has 0 saturated carbocycles. The molecule has 0 aliphatic carbocycles. The van der Waals surface area contributed by atoms with E-state index in [0.717, 1.165) is 5.82 Å². The molecule has 1 rings (SSSR count). The first-order chi connectivity index (χ1) is 6.86. The zero-order chi connectivity index (χ0) is 10.2. The van der Waals surface area contributed by atoms with Crippen molar-refractivity contribution in [2.45, 2.75) is 0 Å². The largest absolute Gasteiger partial charge is 0.395 e. The van der Waals surface area contributed by atoms with Crippen LogP contribution in [0.4, 0.5) is 11.6 Å². The Labute approximate surface area is 82.9 Å². The molecule has 0 spiro atoms. The molecule has 0 aromatic carbocycles. The number of hydrogen-bond acceptors (Lipinski definition) is 5. The fourth-order valence-corrected chi connectivity index (χ4v) is 0.911. The van der Waals surface area contributed by atoms with Crippen LogP contribution in [0.3, 0.4) is 0 Å². The minimum absolute atomic E-state index is 0.0828. The third kappa shape index (κ3) is 3.40. The van der Waals surface area contributed by atoms with Gasteiger partial charge in [0.25, 0.3) is 0 Å². The number of aliphatic hydroxyl groups is 1. The summed E-state index contributed by atoms with van der Waals surface area (Å²) < 4.78 is 0. The van der Waals surface area contributed by atoms with Crippen LogP contribution < -0.4 is 10.6 Å². The van der Waals surface area contributed by atoms with E-state index in [0.29, 0.717) is 18.9 Å². The SMILES string of the molecule is C=CCNc1cc(NCCO)ncn1. The second-order valence-corrected chi connectivity index (χ2v) is 2.61. The standard InChI is InChI=1S/C9H14N4O/c1-2-3-10-8-6-9(11-4-5-14)13-7-12-8/h2,6-7,14H,1,3-5H2,(H2,10,11,12,13). The second-order valence-electron chi connectivity index (χ2n) is 2.61. The Morgan fingerprint density at radius 3 is 2.71 bits per heavy atom. The zero-order valence-corrected chi connectivity index (χ0v) is 7.90. The molecule has 0 unspecified atom stereocenters. The van der Waals surface area contributed by atoms with E-state index in [-0.39, 0.29) is 6.61 Å². The van der Waals surface area contributed by atoms with Gasteiger partial charge in [-0.3, -0.25) is 0 Å². The third-order valence-electron chi connectivity index (χ3n) is 1.51. The molecule has 1 aromatic heterocycles. The number of aliphatic hydroxyl groups excluding tert-OH is 1. The van der Waals surface area contributed by atoms with E-state index in [2.05, 4.69) is 27.2 Å². The Hall–Kier alpha value is -1.62. The van der Waals surface area contributed by atoms with Crippen LogP contribution >= 0.6 is 0 Å². The van der Waals surface area contributed by atoms with E-state index >= 15 is 0 Å². The molecular formula is C9H14N4O. The number of hydrogen-bond donors (Lipinski definition) is 3. The number of nitrogens with zero attached hydrogens (tertiary/aromatic N) is 2. The molecule has 76 valence electrons. The van der Waals surface area contributed by atoms with Crippen molar-refractivity contribution in [2.75, 3.05) is 30.3 Å². The predicted molar refractivity (Wildman–Crippen MR) is 56.3 cm³/mol. The van der Waals surface area contributed by atoms with Gasteiger partial charge in [-0.2, -0.15) is 0 Å². The minimum atomic E-state index is 0.0828. The Bertz CT molecular complexity index is 290. The fraction of sp³-hybridized carbons (Fsp3) is 0.333. The Morgan fingerprint density at radius 1 is 1.36 bits per heavy atom. The van der Waals surface area contributed by atoms with Gasteiger partial charge in [0.2, 0.25) is 0 Å². The Balaban J connectivity index is 2.54. The molecule has 5 nitrogen and oxygen atoms in total. The van der Waals surface area contributed by atoms with E-state index in [1.807, 2.05) is 0 Å². The van der Waals surface area contributed by atoms with Gasteiger partial charge in [-0.1, -0.05) is 6.08 Å². The molecule has 1 aromatic rings. The molecule has 0 fully saturated rings. The molecule has 0 bridgehead atoms. The van der Waals surface area contributed by atoms with Gasteiger partial charge in [0.1, 0.15) is 18.0 Å². The molecule has 0 saturated heterocycles. The van der Waals surface area contributed by atoms with Gasteiger partial charge in [0.05, 0.1) is 6.61 Å². The summed E-state index contributed by atoms with van der Waals surface area (Å²) in [6.45, 7) is 4.82. The highest BCUT2D eigenvalue weighted by Gasteiger charge is 1.95. The van der Waals surface area contributed by atoms with Crippen molar-refractivity contribution in [3.8, 4) is 0 Å². The van der Waals surface area contributed by atoms with Crippen molar-refractivity contribution in [1.29, 1.82) is 0 Å². The summed E-state index contributed by atoms with van der Waals surface area (Å²) in [6, 6.07) is 1.78. The van der Waals surface area contributed by atoms with Crippen LogP contribution in [0.5, 0.6) is 0 Å². The van der Waals surface area contributed by atoms with Crippen LogP contribution in [0.15, 0.2) is 25.0 Å². The highest BCUT2D eigenvalue weighted by molar-refractivity contribution is 5.46. The number of aromatic nitrogens is 2. The van der Waals surface area contributed by atoms with Crippen LogP contribution in [0.2, 0.25) is 0 Å². The number of nitrogens with one attached hydrogen (secondary N) is 2. The average molecular weight is 194 g/mol. The van der Waals surface area contributed by atoms with E-state index in [9.17, 15) is 0 Å². The van der Waals surface area contributed by atoms with Crippen LogP contribution in [0.1, 0.15) is 0 Å². The topological polar surface area (TPSA) is 70.1 Å². The fourth-order valence-electron chi connectivity index (χ4n) is 0.911. The summed E-state index contributed by atoms with van der Waals surface area (Å²) in [5.74, 6) is 1.43. The maximum absolute atomic E-state index is 8.60. The molecule has 0 radical (unpaired) electrons. The normalized spacial score (nSPS) is 9.50. The first-order valence-electron chi connectivity index (χ1n) is 4.38. The lowest BCUT2D eigenvalue weighted by Gasteiger charge is -2.05. The van der Waals surface area contributed by atoms with Crippen LogP contribution in [0, 0.1) is 0 Å². The first-order valence-corrected chi connectivity index (χ1v) is 4.38. The quantitative estimate of drug-likeness (QED) is 0.574. The second kappa shape index (κ2) is 5.93. The predicted octanol–water partition coefficient (Wildman–Crippen LogP) is 0.479. The molecule has 0 amide bonds. The summed E-state index contributed by atoms with van der Waals surface area (Å²) in [5.41, 5.74) is 0. The number of rotatable bonds is 6. The van der Waals surface area contributed by atoms with Crippen LogP contribution in [-0.4, -0.2) is 34.8 Å². The summed E-state index contributed by atoms with van der Waals surface area (Å²) >= 11 is 0. The van der Waals surface area contributed by atoms with Crippen molar-refractivity contribution < 1.29 is 5.11 Å². The van der Waals surface area contributed by atoms with Gasteiger partial charge in [0.15, 0.2) is 0 Å². The lowest BCUT2D eigenvalue weighted by Crippen LogP contribution is -2.08. The lowest BCUT2D eigenvalue weighted by molar-refractivity contribution is 0.311. The van der Waals surface area contributed by atoms with Crippen molar-refractivity contribution in [3.63, 3.8) is 0 Å². The monoisotopic (exact) mass is 194 g/mol. The highest BCUT2D eigenvalue weighted by Crippen LogP contribution is 2.07. The molecule has 1 heterocycles. The maximum atomic E-state index is 8.60. The van der Waals surface area contributed by atoms with Gasteiger partial charge >= 0.3 is 0 Å². The van der Waals surface area contributed by atoms with E-state index in [4.69, 9.17) is 5.11 Å². The van der Waals surface area contributed by atoms with Crippen molar-refractivity contribution >= 4 is 11.6 Å². The van der Waals surface area contributed by atoms with Crippen LogP contribution in [0.25, 0.3) is 0 Å². The summed E-state index contributed by atoms with van der Waals surface area (Å²) in [7, 11) is 0. The zero-order valence-electron chi connectivity index (χ0n) is 7.90. The molecule has 0 aliphatic heterocycles. The molecular weight excluding hydrogens is 180 g/mol. The summed E-state index contributed by atoms with van der Waals surface area (Å²) in [4.78, 5) is 8.00. The number of anilines is 2. The highest BCUT2D eigenvalue weighted by atomic mass is 16.3. The van der Waals surface area contributed by atoms with Crippen molar-refractivity contribution in [3.05, 3.63) is 25.0 Å². The maximum Gasteiger partial charge on any atom is 0.131 e. The van der Waals surface area contributed by atoms with E-state index < -0.39 is 0 Å². The average Bonchev–Trinajstić information content (AvgIpc) is 2.24. The lowest BCUT2D eigenvalue weighted by atomic mass is 10.5. The molecule has 0 aliphatic rings. The molecule has 3 N–H and O–H groups in total. The van der Waals surface area contributed by atoms with E-state index in [1.165, 1.54) is 6.33 Å². The van der Waals surface area contributed by atoms with E-state index in [1.54, 1.807) is 12.1 Å². The summed E-state index contributed by atoms with van der Waals surface area (Å²) in [5, 5.41) is 14.6. The molecule has 0 atom stereocenters. The van der Waals surface area contributed by atoms with Gasteiger partial charge in [-0.25, -0.2) is 9.97 Å².